The Bertz CT molecular complexity index is 373. The van der Waals surface area contributed by atoms with E-state index in [1.54, 1.807) is 6.26 Å². The summed E-state index contributed by atoms with van der Waals surface area (Å²) in [5, 5.41) is 5.93. The molecule has 4 heteroatoms. The summed E-state index contributed by atoms with van der Waals surface area (Å²) in [5.41, 5.74) is 2.01. The van der Waals surface area contributed by atoms with Crippen molar-refractivity contribution < 1.29 is 9.21 Å². The third-order valence-corrected chi connectivity index (χ3v) is 2.55. The molecule has 0 radical (unpaired) electrons. The number of amides is 1. The largest absolute Gasteiger partial charge is 0.467 e. The van der Waals surface area contributed by atoms with Crippen LogP contribution in [0.1, 0.15) is 12.7 Å². The first-order valence-electron chi connectivity index (χ1n) is 4.97. The van der Waals surface area contributed by atoms with Gasteiger partial charge in [-0.2, -0.15) is 0 Å². The highest BCUT2D eigenvalue weighted by atomic mass is 16.3. The van der Waals surface area contributed by atoms with E-state index in [4.69, 9.17) is 4.42 Å². The quantitative estimate of drug-likeness (QED) is 0.720. The highest BCUT2D eigenvalue weighted by Gasteiger charge is 2.15. The normalized spacial score (nSPS) is 14.6. The molecule has 1 amide bonds. The van der Waals surface area contributed by atoms with Crippen LogP contribution in [0.4, 0.5) is 0 Å². The summed E-state index contributed by atoms with van der Waals surface area (Å²) in [6, 6.07) is 3.65. The van der Waals surface area contributed by atoms with Crippen LogP contribution in [0.15, 0.2) is 34.0 Å². The van der Waals surface area contributed by atoms with Gasteiger partial charge in [0.25, 0.3) is 0 Å². The van der Waals surface area contributed by atoms with Crippen molar-refractivity contribution in [2.75, 3.05) is 13.1 Å². The van der Waals surface area contributed by atoms with E-state index in [0.29, 0.717) is 6.54 Å². The molecule has 0 spiro atoms. The van der Waals surface area contributed by atoms with E-state index in [2.05, 4.69) is 10.6 Å². The van der Waals surface area contributed by atoms with Crippen molar-refractivity contribution >= 4 is 5.91 Å². The molecular weight excluding hydrogens is 192 g/mol. The van der Waals surface area contributed by atoms with Crippen LogP contribution in [0.2, 0.25) is 0 Å². The van der Waals surface area contributed by atoms with Crippen LogP contribution in [-0.4, -0.2) is 19.0 Å². The smallest absolute Gasteiger partial charge is 0.247 e. The molecule has 0 aromatic carbocycles. The second kappa shape index (κ2) is 4.31. The maximum Gasteiger partial charge on any atom is 0.247 e. The van der Waals surface area contributed by atoms with Crippen LogP contribution in [0.5, 0.6) is 0 Å². The molecule has 0 atom stereocenters. The lowest BCUT2D eigenvalue weighted by molar-refractivity contribution is -0.117. The van der Waals surface area contributed by atoms with Crippen LogP contribution < -0.4 is 10.6 Å². The van der Waals surface area contributed by atoms with Crippen molar-refractivity contribution in [2.45, 2.75) is 13.5 Å². The van der Waals surface area contributed by atoms with Gasteiger partial charge in [-0.05, 0) is 24.6 Å². The number of furan rings is 1. The SMILES string of the molecule is CC(C(=O)NCc1ccco1)=C1CNC1. The average molecular weight is 206 g/mol. The molecule has 0 saturated carbocycles. The number of hydrogen-bond acceptors (Lipinski definition) is 3. The van der Waals surface area contributed by atoms with Gasteiger partial charge in [-0.15, -0.1) is 0 Å². The van der Waals surface area contributed by atoms with Gasteiger partial charge in [0.2, 0.25) is 5.91 Å². The molecule has 80 valence electrons. The van der Waals surface area contributed by atoms with E-state index < -0.39 is 0 Å². The fourth-order valence-corrected chi connectivity index (χ4v) is 1.39. The molecule has 1 saturated heterocycles. The van der Waals surface area contributed by atoms with Gasteiger partial charge in [-0.25, -0.2) is 0 Å². The minimum Gasteiger partial charge on any atom is -0.467 e. The zero-order chi connectivity index (χ0) is 10.7. The second-order valence-corrected chi connectivity index (χ2v) is 3.59. The van der Waals surface area contributed by atoms with Gasteiger partial charge in [0.1, 0.15) is 5.76 Å². The maximum atomic E-state index is 11.6. The minimum absolute atomic E-state index is 0.0112. The Hall–Kier alpha value is -1.55. The van der Waals surface area contributed by atoms with Crippen molar-refractivity contribution in [3.05, 3.63) is 35.3 Å². The van der Waals surface area contributed by atoms with Crippen LogP contribution in [-0.2, 0) is 11.3 Å². The van der Waals surface area contributed by atoms with E-state index in [9.17, 15) is 4.79 Å². The molecule has 1 aromatic rings. The Kier molecular flexibility index (Phi) is 2.87. The van der Waals surface area contributed by atoms with Gasteiger partial charge in [-0.1, -0.05) is 0 Å². The predicted molar refractivity (Wildman–Crippen MR) is 56.1 cm³/mol. The van der Waals surface area contributed by atoms with Crippen molar-refractivity contribution in [3.63, 3.8) is 0 Å². The molecule has 15 heavy (non-hydrogen) atoms. The zero-order valence-electron chi connectivity index (χ0n) is 8.67. The summed E-state index contributed by atoms with van der Waals surface area (Å²) >= 11 is 0. The summed E-state index contributed by atoms with van der Waals surface area (Å²) in [6.07, 6.45) is 1.60. The molecule has 0 bridgehead atoms. The molecule has 2 N–H and O–H groups in total. The molecular formula is C11H14N2O2. The average Bonchev–Trinajstić information content (AvgIpc) is 2.63. The number of carbonyl (C=O) groups is 1. The van der Waals surface area contributed by atoms with Gasteiger partial charge < -0.3 is 15.1 Å². The molecule has 1 fully saturated rings. The van der Waals surface area contributed by atoms with E-state index in [0.717, 1.165) is 24.4 Å². The fourth-order valence-electron chi connectivity index (χ4n) is 1.39. The van der Waals surface area contributed by atoms with Crippen LogP contribution in [0, 0.1) is 0 Å². The Morgan fingerprint density at radius 3 is 2.93 bits per heavy atom. The highest BCUT2D eigenvalue weighted by molar-refractivity contribution is 5.93. The molecule has 2 heterocycles. The molecule has 1 aliphatic heterocycles. The lowest BCUT2D eigenvalue weighted by Crippen LogP contribution is -2.37. The van der Waals surface area contributed by atoms with Gasteiger partial charge in [-0.3, -0.25) is 4.79 Å². The number of nitrogens with one attached hydrogen (secondary N) is 2. The van der Waals surface area contributed by atoms with E-state index >= 15 is 0 Å². The second-order valence-electron chi connectivity index (χ2n) is 3.59. The number of carbonyl (C=O) groups excluding carboxylic acids is 1. The van der Waals surface area contributed by atoms with E-state index in [-0.39, 0.29) is 5.91 Å². The van der Waals surface area contributed by atoms with Crippen LogP contribution in [0.3, 0.4) is 0 Å². The Morgan fingerprint density at radius 2 is 2.40 bits per heavy atom. The van der Waals surface area contributed by atoms with Gasteiger partial charge in [0.15, 0.2) is 0 Å². The minimum atomic E-state index is -0.0112. The molecule has 1 aromatic heterocycles. The Balaban J connectivity index is 1.87. The molecule has 2 rings (SSSR count). The number of hydrogen-bond donors (Lipinski definition) is 2. The zero-order valence-corrected chi connectivity index (χ0v) is 8.67. The third kappa shape index (κ3) is 2.27. The number of rotatable bonds is 3. The van der Waals surface area contributed by atoms with Gasteiger partial charge in [0, 0.05) is 18.7 Å². The Labute approximate surface area is 88.3 Å². The summed E-state index contributed by atoms with van der Waals surface area (Å²) in [7, 11) is 0. The van der Waals surface area contributed by atoms with E-state index in [1.165, 1.54) is 5.57 Å². The van der Waals surface area contributed by atoms with E-state index in [1.807, 2.05) is 19.1 Å². The predicted octanol–water partition coefficient (Wildman–Crippen LogP) is 0.816. The van der Waals surface area contributed by atoms with Gasteiger partial charge in [0.05, 0.1) is 12.8 Å². The lowest BCUT2D eigenvalue weighted by Gasteiger charge is -2.21. The first kappa shape index (κ1) is 9.98. The molecule has 0 unspecified atom stereocenters. The summed E-state index contributed by atoms with van der Waals surface area (Å²) in [5.74, 6) is 0.760. The highest BCUT2D eigenvalue weighted by Crippen LogP contribution is 2.09. The molecule has 0 aliphatic carbocycles. The summed E-state index contributed by atoms with van der Waals surface area (Å²) < 4.78 is 5.12. The Morgan fingerprint density at radius 1 is 1.60 bits per heavy atom. The van der Waals surface area contributed by atoms with Crippen molar-refractivity contribution in [3.8, 4) is 0 Å². The van der Waals surface area contributed by atoms with Crippen molar-refractivity contribution in [2.24, 2.45) is 0 Å². The first-order valence-corrected chi connectivity index (χ1v) is 4.97. The fraction of sp³-hybridized carbons (Fsp3) is 0.364. The van der Waals surface area contributed by atoms with Crippen LogP contribution >= 0.6 is 0 Å². The standard InChI is InChI=1S/C11H14N2O2/c1-8(9-5-12-6-9)11(14)13-7-10-3-2-4-15-10/h2-4,12H,5-7H2,1H3,(H,13,14). The van der Waals surface area contributed by atoms with Crippen molar-refractivity contribution in [1.29, 1.82) is 0 Å². The van der Waals surface area contributed by atoms with Gasteiger partial charge >= 0.3 is 0 Å². The summed E-state index contributed by atoms with van der Waals surface area (Å²) in [6.45, 7) is 3.97. The lowest BCUT2D eigenvalue weighted by atomic mass is 10.0. The topological polar surface area (TPSA) is 54.3 Å². The third-order valence-electron chi connectivity index (χ3n) is 2.55. The molecule has 4 nitrogen and oxygen atoms in total. The first-order chi connectivity index (χ1) is 7.27. The molecule has 1 aliphatic rings. The van der Waals surface area contributed by atoms with Crippen LogP contribution in [0.25, 0.3) is 0 Å². The van der Waals surface area contributed by atoms with Crippen molar-refractivity contribution in [1.82, 2.24) is 10.6 Å². The monoisotopic (exact) mass is 206 g/mol. The maximum absolute atomic E-state index is 11.6. The summed E-state index contributed by atoms with van der Waals surface area (Å²) in [4.78, 5) is 11.6.